The predicted octanol–water partition coefficient (Wildman–Crippen LogP) is 9.97. The molecule has 5 heteroatoms. The van der Waals surface area contributed by atoms with Crippen LogP contribution in [0.15, 0.2) is 59.8 Å². The van der Waals surface area contributed by atoms with E-state index in [4.69, 9.17) is 5.73 Å². The molecule has 0 spiro atoms. The summed E-state index contributed by atoms with van der Waals surface area (Å²) in [5.41, 5.74) is 8.27. The molecular weight excluding hydrogens is 458 g/mol. The van der Waals surface area contributed by atoms with Gasteiger partial charge in [-0.25, -0.2) is 0 Å². The topological polar surface area (TPSA) is 88.3 Å². The van der Waals surface area contributed by atoms with Crippen LogP contribution in [0.1, 0.15) is 110 Å². The quantitative estimate of drug-likeness (QED) is 0.133. The van der Waals surface area contributed by atoms with Crippen molar-refractivity contribution < 1.29 is 4.79 Å². The highest BCUT2D eigenvalue weighted by Crippen LogP contribution is 2.36. The maximum atomic E-state index is 11.0. The molecule has 37 heavy (non-hydrogen) atoms. The van der Waals surface area contributed by atoms with Gasteiger partial charge in [0, 0.05) is 22.9 Å². The highest BCUT2D eigenvalue weighted by molar-refractivity contribution is 5.99. The minimum atomic E-state index is -0.153. The number of H-pyrrole nitrogens is 1. The number of amides is 1. The summed E-state index contributed by atoms with van der Waals surface area (Å²) in [7, 11) is 0. The molecule has 0 atom stereocenters. The summed E-state index contributed by atoms with van der Waals surface area (Å²) in [6, 6.07) is 17.4. The van der Waals surface area contributed by atoms with Gasteiger partial charge in [-0.3, -0.25) is 4.79 Å². The number of carbonyl (C=O) groups excluding carboxylic acids is 1. The minimum absolute atomic E-state index is 0.153. The highest BCUT2D eigenvalue weighted by Gasteiger charge is 2.12. The Morgan fingerprint density at radius 1 is 0.703 bits per heavy atom. The number of hydrogen-bond donors (Lipinski definition) is 2. The number of rotatable bonds is 18. The van der Waals surface area contributed by atoms with Gasteiger partial charge in [-0.1, -0.05) is 145 Å². The Bertz CT molecular complexity index is 1010. The standard InChI is InChI=1S/C18H37NO.C14H10N2O/c1-2-3-4-5-6-7-8-9-10-11-12-13-14-15-16-17-18(19)20;17-16-14-11-8-4-5-9-12(11)15-13(14)10-6-2-1-3-7-10/h2-17H2,1H3,(H2,19,20);1-9,15H. The molecule has 1 amide bonds. The molecule has 5 nitrogen and oxygen atoms in total. The average molecular weight is 506 g/mol. The van der Waals surface area contributed by atoms with Crippen molar-refractivity contribution >= 4 is 22.5 Å². The third kappa shape index (κ3) is 12.2. The fraction of sp³-hybridized carbons (Fsp3) is 0.531. The molecule has 0 aliphatic heterocycles. The number of nitrogens with two attached hydrogens (primary N) is 1. The van der Waals surface area contributed by atoms with Crippen LogP contribution in [0.25, 0.3) is 22.2 Å². The molecule has 0 saturated heterocycles. The van der Waals surface area contributed by atoms with Gasteiger partial charge in [0.25, 0.3) is 0 Å². The van der Waals surface area contributed by atoms with Gasteiger partial charge in [0.2, 0.25) is 5.91 Å². The molecule has 3 N–H and O–H groups in total. The number of aromatic amines is 1. The lowest BCUT2D eigenvalue weighted by Gasteiger charge is -2.03. The Balaban J connectivity index is 0.000000262. The van der Waals surface area contributed by atoms with Crippen LogP contribution in [0.4, 0.5) is 5.69 Å². The molecule has 0 bridgehead atoms. The third-order valence-electron chi connectivity index (χ3n) is 6.86. The van der Waals surface area contributed by atoms with Gasteiger partial charge in [-0.15, -0.1) is 4.91 Å². The SMILES string of the molecule is CCCCCCCCCCCCCCCCCC(N)=O.O=Nc1c(-c2ccccc2)[nH]c2ccccc12. The number of para-hydroxylation sites is 1. The van der Waals surface area contributed by atoms with Gasteiger partial charge >= 0.3 is 0 Å². The number of unbranched alkanes of at least 4 members (excludes halogenated alkanes) is 14. The second-order valence-corrected chi connectivity index (χ2v) is 10.0. The summed E-state index contributed by atoms with van der Waals surface area (Å²) in [4.78, 5) is 24.8. The summed E-state index contributed by atoms with van der Waals surface area (Å²) >= 11 is 0. The minimum Gasteiger partial charge on any atom is -0.370 e. The van der Waals surface area contributed by atoms with E-state index in [0.717, 1.165) is 28.6 Å². The van der Waals surface area contributed by atoms with Gasteiger partial charge in [0.15, 0.2) is 0 Å². The summed E-state index contributed by atoms with van der Waals surface area (Å²) < 4.78 is 0. The third-order valence-corrected chi connectivity index (χ3v) is 6.86. The fourth-order valence-corrected chi connectivity index (χ4v) is 4.71. The van der Waals surface area contributed by atoms with Gasteiger partial charge in [0.05, 0.1) is 5.69 Å². The van der Waals surface area contributed by atoms with Crippen molar-refractivity contribution in [1.82, 2.24) is 4.98 Å². The van der Waals surface area contributed by atoms with Gasteiger partial charge in [-0.2, -0.15) is 0 Å². The van der Waals surface area contributed by atoms with Crippen molar-refractivity contribution in [3.8, 4) is 11.3 Å². The lowest BCUT2D eigenvalue weighted by Crippen LogP contribution is -2.09. The van der Waals surface area contributed by atoms with Crippen molar-refractivity contribution in [2.24, 2.45) is 10.9 Å². The van der Waals surface area contributed by atoms with Crippen molar-refractivity contribution in [2.75, 3.05) is 0 Å². The zero-order chi connectivity index (χ0) is 26.6. The molecule has 2 aromatic carbocycles. The maximum Gasteiger partial charge on any atom is 0.217 e. The predicted molar refractivity (Wildman–Crippen MR) is 158 cm³/mol. The number of carbonyl (C=O) groups is 1. The van der Waals surface area contributed by atoms with E-state index in [9.17, 15) is 9.70 Å². The van der Waals surface area contributed by atoms with E-state index in [2.05, 4.69) is 17.1 Å². The molecule has 0 fully saturated rings. The Morgan fingerprint density at radius 2 is 1.19 bits per heavy atom. The van der Waals surface area contributed by atoms with E-state index in [-0.39, 0.29) is 5.91 Å². The number of primary amides is 1. The molecule has 1 heterocycles. The second-order valence-electron chi connectivity index (χ2n) is 10.0. The van der Waals surface area contributed by atoms with Crippen LogP contribution in [-0.4, -0.2) is 10.9 Å². The van der Waals surface area contributed by atoms with Crippen LogP contribution in [0, 0.1) is 4.91 Å². The molecule has 1 aromatic heterocycles. The molecule has 202 valence electrons. The fourth-order valence-electron chi connectivity index (χ4n) is 4.71. The number of aromatic nitrogens is 1. The number of hydrogen-bond acceptors (Lipinski definition) is 3. The number of nitrogens with zero attached hydrogens (tertiary/aromatic N) is 1. The first kappa shape index (κ1) is 30.3. The normalized spacial score (nSPS) is 10.7. The van der Waals surface area contributed by atoms with E-state index in [1.807, 2.05) is 54.6 Å². The Morgan fingerprint density at radius 3 is 1.70 bits per heavy atom. The largest absolute Gasteiger partial charge is 0.370 e. The zero-order valence-corrected chi connectivity index (χ0v) is 22.9. The van der Waals surface area contributed by atoms with Crippen molar-refractivity contribution in [3.63, 3.8) is 0 Å². The Labute approximate surface area is 223 Å². The van der Waals surface area contributed by atoms with Crippen molar-refractivity contribution in [3.05, 3.63) is 59.5 Å². The van der Waals surface area contributed by atoms with Crippen LogP contribution in [-0.2, 0) is 4.79 Å². The van der Waals surface area contributed by atoms with Crippen LogP contribution in [0.2, 0.25) is 0 Å². The first-order valence-corrected chi connectivity index (χ1v) is 14.4. The summed E-state index contributed by atoms with van der Waals surface area (Å²) in [5.74, 6) is -0.153. The average Bonchev–Trinajstić information content (AvgIpc) is 3.30. The number of nitrogens with one attached hydrogen (secondary N) is 1. The molecule has 0 unspecified atom stereocenters. The first-order chi connectivity index (χ1) is 18.2. The Hall–Kier alpha value is -2.95. The van der Waals surface area contributed by atoms with Crippen molar-refractivity contribution in [2.45, 2.75) is 110 Å². The highest BCUT2D eigenvalue weighted by atomic mass is 16.3. The zero-order valence-electron chi connectivity index (χ0n) is 22.9. The molecule has 0 aliphatic carbocycles. The molecule has 3 rings (SSSR count). The van der Waals surface area contributed by atoms with E-state index in [1.165, 1.54) is 89.9 Å². The Kier molecular flexibility index (Phi) is 15.7. The number of benzene rings is 2. The first-order valence-electron chi connectivity index (χ1n) is 14.4. The lowest BCUT2D eigenvalue weighted by atomic mass is 10.0. The molecule has 0 saturated carbocycles. The summed E-state index contributed by atoms with van der Waals surface area (Å²) in [5, 5.41) is 4.02. The lowest BCUT2D eigenvalue weighted by molar-refractivity contribution is -0.118. The van der Waals surface area contributed by atoms with Gasteiger partial charge < -0.3 is 10.7 Å². The molecular formula is C32H47N3O2. The van der Waals surface area contributed by atoms with E-state index >= 15 is 0 Å². The van der Waals surface area contributed by atoms with Crippen LogP contribution in [0.3, 0.4) is 0 Å². The van der Waals surface area contributed by atoms with Crippen LogP contribution in [0.5, 0.6) is 0 Å². The molecule has 0 radical (unpaired) electrons. The van der Waals surface area contributed by atoms with Gasteiger partial charge in [0.1, 0.15) is 5.69 Å². The summed E-state index contributed by atoms with van der Waals surface area (Å²) in [6.07, 6.45) is 20.9. The van der Waals surface area contributed by atoms with Crippen LogP contribution < -0.4 is 5.73 Å². The van der Waals surface area contributed by atoms with E-state index in [0.29, 0.717) is 12.1 Å². The van der Waals surface area contributed by atoms with E-state index in [1.54, 1.807) is 0 Å². The number of fused-ring (bicyclic) bond motifs is 1. The molecule has 0 aliphatic rings. The van der Waals surface area contributed by atoms with Crippen molar-refractivity contribution in [1.29, 1.82) is 0 Å². The maximum absolute atomic E-state index is 11.0. The van der Waals surface area contributed by atoms with E-state index < -0.39 is 0 Å². The smallest absolute Gasteiger partial charge is 0.217 e. The van der Waals surface area contributed by atoms with Gasteiger partial charge in [-0.05, 0) is 17.7 Å². The molecule has 3 aromatic rings. The number of nitroso groups, excluding NO2 is 1. The van der Waals surface area contributed by atoms with Crippen LogP contribution >= 0.6 is 0 Å². The summed E-state index contributed by atoms with van der Waals surface area (Å²) in [6.45, 7) is 2.28. The monoisotopic (exact) mass is 505 g/mol. The second kappa shape index (κ2) is 19.2.